The monoisotopic (exact) mass is 350 g/mol. The van der Waals surface area contributed by atoms with E-state index in [9.17, 15) is 4.79 Å². The molecule has 0 bridgehead atoms. The highest BCUT2D eigenvalue weighted by molar-refractivity contribution is 5.93. The first kappa shape index (κ1) is 17.0. The number of amides is 1. The van der Waals surface area contributed by atoms with Crippen LogP contribution < -0.4 is 4.90 Å². The summed E-state index contributed by atoms with van der Waals surface area (Å²) in [5.74, 6) is 2.21. The number of hydrogen-bond acceptors (Lipinski definition) is 4. The van der Waals surface area contributed by atoms with Crippen LogP contribution in [0.2, 0.25) is 0 Å². The van der Waals surface area contributed by atoms with Gasteiger partial charge < -0.3 is 9.80 Å². The van der Waals surface area contributed by atoms with E-state index in [0.29, 0.717) is 17.4 Å². The van der Waals surface area contributed by atoms with E-state index in [-0.39, 0.29) is 5.91 Å². The van der Waals surface area contributed by atoms with Crippen LogP contribution in [-0.2, 0) is 0 Å². The van der Waals surface area contributed by atoms with Gasteiger partial charge in [0.25, 0.3) is 5.91 Å². The molecule has 2 aliphatic heterocycles. The minimum atomic E-state index is 0.0355. The Bertz CT molecular complexity index is 771. The summed E-state index contributed by atoms with van der Waals surface area (Å²) in [6, 6.07) is 11.8. The number of nitrogens with zero attached hydrogens (tertiary/aromatic N) is 4. The smallest absolute Gasteiger partial charge is 0.272 e. The van der Waals surface area contributed by atoms with Gasteiger partial charge >= 0.3 is 0 Å². The van der Waals surface area contributed by atoms with Crippen molar-refractivity contribution in [2.45, 2.75) is 32.6 Å². The van der Waals surface area contributed by atoms with Crippen LogP contribution in [0.1, 0.15) is 43.1 Å². The van der Waals surface area contributed by atoms with Crippen LogP contribution in [0.5, 0.6) is 0 Å². The summed E-state index contributed by atoms with van der Waals surface area (Å²) in [5.41, 5.74) is 1.48. The fourth-order valence-corrected chi connectivity index (χ4v) is 3.90. The second-order valence-corrected chi connectivity index (χ2v) is 7.49. The molecule has 1 amide bonds. The molecular formula is C21H26N4O. The van der Waals surface area contributed by atoms with Crippen molar-refractivity contribution < 1.29 is 4.79 Å². The Morgan fingerprint density at radius 1 is 1.04 bits per heavy atom. The maximum absolute atomic E-state index is 12.9. The molecule has 5 nitrogen and oxygen atoms in total. The van der Waals surface area contributed by atoms with Crippen LogP contribution in [0.4, 0.5) is 5.82 Å². The van der Waals surface area contributed by atoms with Gasteiger partial charge in [0.2, 0.25) is 0 Å². The predicted molar refractivity (Wildman–Crippen MR) is 103 cm³/mol. The number of anilines is 1. The number of piperidine rings is 1. The average molecular weight is 350 g/mol. The second-order valence-electron chi connectivity index (χ2n) is 7.49. The molecule has 26 heavy (non-hydrogen) atoms. The topological polar surface area (TPSA) is 49.3 Å². The molecule has 2 aromatic rings. The van der Waals surface area contributed by atoms with E-state index in [2.05, 4.69) is 16.8 Å². The normalized spacial score (nSPS) is 20.4. The summed E-state index contributed by atoms with van der Waals surface area (Å²) in [4.78, 5) is 26.6. The SMILES string of the molecule is CC1CCCN(c2cc(C(=O)N3CCCC3)nc(-c3ccccc3)n2)C1. The molecule has 1 unspecified atom stereocenters. The molecule has 0 spiro atoms. The van der Waals surface area contributed by atoms with Gasteiger partial charge in [0.05, 0.1) is 0 Å². The maximum atomic E-state index is 12.9. The Hall–Kier alpha value is -2.43. The zero-order chi connectivity index (χ0) is 17.9. The molecule has 0 N–H and O–H groups in total. The van der Waals surface area contributed by atoms with Gasteiger partial charge in [-0.3, -0.25) is 4.79 Å². The van der Waals surface area contributed by atoms with Crippen LogP contribution >= 0.6 is 0 Å². The Morgan fingerprint density at radius 3 is 2.54 bits per heavy atom. The van der Waals surface area contributed by atoms with E-state index in [1.807, 2.05) is 41.3 Å². The fourth-order valence-electron chi connectivity index (χ4n) is 3.90. The molecule has 136 valence electrons. The highest BCUT2D eigenvalue weighted by Crippen LogP contribution is 2.25. The standard InChI is InChI=1S/C21H26N4O/c1-16-8-7-13-25(15-16)19-14-18(21(26)24-11-5-6-12-24)22-20(23-19)17-9-3-2-4-10-17/h2-4,9-10,14,16H,5-8,11-13,15H2,1H3. The molecule has 2 saturated heterocycles. The first-order valence-electron chi connectivity index (χ1n) is 9.69. The van der Waals surface area contributed by atoms with Crippen LogP contribution in [0.3, 0.4) is 0 Å². The Labute approximate surface area is 155 Å². The fraction of sp³-hybridized carbons (Fsp3) is 0.476. The molecule has 4 rings (SSSR count). The summed E-state index contributed by atoms with van der Waals surface area (Å²) in [6.07, 6.45) is 4.59. The third-order valence-corrected chi connectivity index (χ3v) is 5.34. The summed E-state index contributed by atoms with van der Waals surface area (Å²) in [6.45, 7) is 5.93. The van der Waals surface area contributed by atoms with Crippen LogP contribution in [-0.4, -0.2) is 47.0 Å². The van der Waals surface area contributed by atoms with Crippen molar-refractivity contribution in [1.82, 2.24) is 14.9 Å². The number of carbonyl (C=O) groups is 1. The van der Waals surface area contributed by atoms with E-state index < -0.39 is 0 Å². The van der Waals surface area contributed by atoms with Crippen LogP contribution in [0.25, 0.3) is 11.4 Å². The first-order valence-corrected chi connectivity index (χ1v) is 9.69. The third-order valence-electron chi connectivity index (χ3n) is 5.34. The van der Waals surface area contributed by atoms with Gasteiger partial charge in [0.15, 0.2) is 5.82 Å². The van der Waals surface area contributed by atoms with Crippen molar-refractivity contribution >= 4 is 11.7 Å². The van der Waals surface area contributed by atoms with Gasteiger partial charge in [0, 0.05) is 37.8 Å². The molecule has 0 radical (unpaired) electrons. The molecule has 2 fully saturated rings. The number of rotatable bonds is 3. The lowest BCUT2D eigenvalue weighted by molar-refractivity contribution is 0.0787. The van der Waals surface area contributed by atoms with Gasteiger partial charge in [0.1, 0.15) is 11.5 Å². The number of benzene rings is 1. The van der Waals surface area contributed by atoms with Gasteiger partial charge in [-0.1, -0.05) is 37.3 Å². The zero-order valence-electron chi connectivity index (χ0n) is 15.4. The summed E-state index contributed by atoms with van der Waals surface area (Å²) in [5, 5.41) is 0. The number of hydrogen-bond donors (Lipinski definition) is 0. The molecular weight excluding hydrogens is 324 g/mol. The van der Waals surface area contributed by atoms with Crippen LogP contribution in [0.15, 0.2) is 36.4 Å². The summed E-state index contributed by atoms with van der Waals surface area (Å²) in [7, 11) is 0. The molecule has 1 aromatic carbocycles. The van der Waals surface area contributed by atoms with E-state index in [0.717, 1.165) is 50.4 Å². The lowest BCUT2D eigenvalue weighted by atomic mass is 10.0. The number of aromatic nitrogens is 2. The van der Waals surface area contributed by atoms with Crippen molar-refractivity contribution in [2.75, 3.05) is 31.1 Å². The highest BCUT2D eigenvalue weighted by atomic mass is 16.2. The van der Waals surface area contributed by atoms with Crippen molar-refractivity contribution in [3.05, 3.63) is 42.1 Å². The van der Waals surface area contributed by atoms with Gasteiger partial charge in [-0.25, -0.2) is 9.97 Å². The van der Waals surface area contributed by atoms with E-state index in [1.165, 1.54) is 12.8 Å². The molecule has 3 heterocycles. The largest absolute Gasteiger partial charge is 0.356 e. The summed E-state index contributed by atoms with van der Waals surface area (Å²) >= 11 is 0. The van der Waals surface area contributed by atoms with Crippen molar-refractivity contribution in [3.8, 4) is 11.4 Å². The Balaban J connectivity index is 1.73. The molecule has 0 saturated carbocycles. The minimum Gasteiger partial charge on any atom is -0.356 e. The predicted octanol–water partition coefficient (Wildman–Crippen LogP) is 3.62. The van der Waals surface area contributed by atoms with Crippen molar-refractivity contribution in [2.24, 2.45) is 5.92 Å². The number of likely N-dealkylation sites (tertiary alicyclic amines) is 1. The van der Waals surface area contributed by atoms with Crippen LogP contribution in [0, 0.1) is 5.92 Å². The second kappa shape index (κ2) is 7.44. The summed E-state index contributed by atoms with van der Waals surface area (Å²) < 4.78 is 0. The third kappa shape index (κ3) is 3.57. The number of carbonyl (C=O) groups excluding carboxylic acids is 1. The lowest BCUT2D eigenvalue weighted by Gasteiger charge is -2.32. The maximum Gasteiger partial charge on any atom is 0.272 e. The van der Waals surface area contributed by atoms with Gasteiger partial charge in [-0.2, -0.15) is 0 Å². The van der Waals surface area contributed by atoms with E-state index in [4.69, 9.17) is 4.98 Å². The van der Waals surface area contributed by atoms with Gasteiger partial charge in [-0.05, 0) is 31.6 Å². The van der Waals surface area contributed by atoms with Crippen molar-refractivity contribution in [1.29, 1.82) is 0 Å². The molecule has 5 heteroatoms. The minimum absolute atomic E-state index is 0.0355. The van der Waals surface area contributed by atoms with E-state index in [1.54, 1.807) is 0 Å². The Kier molecular flexibility index (Phi) is 4.87. The molecule has 0 aliphatic carbocycles. The molecule has 1 atom stereocenters. The van der Waals surface area contributed by atoms with Gasteiger partial charge in [-0.15, -0.1) is 0 Å². The Morgan fingerprint density at radius 2 is 1.81 bits per heavy atom. The zero-order valence-corrected chi connectivity index (χ0v) is 15.4. The van der Waals surface area contributed by atoms with E-state index >= 15 is 0 Å². The molecule has 1 aromatic heterocycles. The highest BCUT2D eigenvalue weighted by Gasteiger charge is 2.24. The molecule has 2 aliphatic rings. The van der Waals surface area contributed by atoms with Crippen molar-refractivity contribution in [3.63, 3.8) is 0 Å². The average Bonchev–Trinajstić information content (AvgIpc) is 3.22. The quantitative estimate of drug-likeness (QED) is 0.848. The first-order chi connectivity index (χ1) is 12.7. The lowest BCUT2D eigenvalue weighted by Crippen LogP contribution is -2.35.